The Bertz CT molecular complexity index is 676. The molecule has 0 spiro atoms. The van der Waals surface area contributed by atoms with Crippen molar-refractivity contribution >= 4 is 17.4 Å². The molecule has 0 fully saturated rings. The van der Waals surface area contributed by atoms with E-state index in [2.05, 4.69) is 20.6 Å². The average Bonchev–Trinajstić information content (AvgIpc) is 2.62. The van der Waals surface area contributed by atoms with Crippen LogP contribution >= 0.6 is 0 Å². The maximum Gasteiger partial charge on any atom is 0.271 e. The lowest BCUT2D eigenvalue weighted by Gasteiger charge is -2.12. The van der Waals surface area contributed by atoms with Gasteiger partial charge in [0.2, 0.25) is 0 Å². The van der Waals surface area contributed by atoms with Gasteiger partial charge in [0, 0.05) is 19.7 Å². The Hall–Kier alpha value is -2.87. The Labute approximate surface area is 140 Å². The second kappa shape index (κ2) is 8.68. The first-order valence-electron chi connectivity index (χ1n) is 7.26. The molecule has 2 N–H and O–H groups in total. The topological polar surface area (TPSA) is 94.6 Å². The van der Waals surface area contributed by atoms with Crippen molar-refractivity contribution in [1.29, 1.82) is 0 Å². The number of rotatable bonds is 8. The van der Waals surface area contributed by atoms with Crippen LogP contribution in [0.15, 0.2) is 30.6 Å². The highest BCUT2D eigenvalue weighted by atomic mass is 16.5. The van der Waals surface area contributed by atoms with Gasteiger partial charge in [-0.2, -0.15) is 0 Å². The number of ether oxygens (including phenoxy) is 3. The number of carbonyl (C=O) groups excluding carboxylic acids is 1. The summed E-state index contributed by atoms with van der Waals surface area (Å²) in [7, 11) is 4.73. The Morgan fingerprint density at radius 1 is 1.12 bits per heavy atom. The highest BCUT2D eigenvalue weighted by molar-refractivity contribution is 5.92. The summed E-state index contributed by atoms with van der Waals surface area (Å²) in [5.74, 6) is 1.50. The highest BCUT2D eigenvalue weighted by Crippen LogP contribution is 2.30. The van der Waals surface area contributed by atoms with Crippen molar-refractivity contribution in [3.63, 3.8) is 0 Å². The Balaban J connectivity index is 2.07. The standard InChI is InChI=1S/C16H20N4O4/c1-22-7-6-17-16(21)13-9-19-15(10-18-13)20-12-8-11(23-2)4-5-14(12)24-3/h4-5,8-10H,6-7H2,1-3H3,(H,17,21)(H,19,20). The molecule has 2 aromatic rings. The van der Waals surface area contributed by atoms with Crippen molar-refractivity contribution in [3.8, 4) is 11.5 Å². The largest absolute Gasteiger partial charge is 0.497 e. The SMILES string of the molecule is COCCNC(=O)c1cnc(Nc2cc(OC)ccc2OC)cn1. The number of anilines is 2. The molecule has 1 amide bonds. The quantitative estimate of drug-likeness (QED) is 0.709. The zero-order valence-electron chi connectivity index (χ0n) is 13.8. The molecule has 0 radical (unpaired) electrons. The molecule has 8 heteroatoms. The second-order valence-electron chi connectivity index (χ2n) is 4.73. The summed E-state index contributed by atoms with van der Waals surface area (Å²) >= 11 is 0. The molecule has 8 nitrogen and oxygen atoms in total. The zero-order chi connectivity index (χ0) is 17.4. The predicted octanol–water partition coefficient (Wildman–Crippen LogP) is 1.61. The van der Waals surface area contributed by atoms with Gasteiger partial charge < -0.3 is 24.8 Å². The van der Waals surface area contributed by atoms with Crippen LogP contribution in [-0.2, 0) is 4.74 Å². The summed E-state index contributed by atoms with van der Waals surface area (Å²) < 4.78 is 15.4. The van der Waals surface area contributed by atoms with Crippen LogP contribution in [0.1, 0.15) is 10.5 Å². The van der Waals surface area contributed by atoms with E-state index in [-0.39, 0.29) is 11.6 Å². The Kier molecular flexibility index (Phi) is 6.32. The number of benzene rings is 1. The average molecular weight is 332 g/mol. The van der Waals surface area contributed by atoms with Crippen molar-refractivity contribution in [2.45, 2.75) is 0 Å². The minimum absolute atomic E-state index is 0.231. The van der Waals surface area contributed by atoms with E-state index in [1.807, 2.05) is 0 Å². The molecule has 0 aliphatic heterocycles. The molecule has 1 heterocycles. The van der Waals surface area contributed by atoms with Crippen LogP contribution < -0.4 is 20.1 Å². The van der Waals surface area contributed by atoms with Gasteiger partial charge >= 0.3 is 0 Å². The fraction of sp³-hybridized carbons (Fsp3) is 0.312. The fourth-order valence-corrected chi connectivity index (χ4v) is 1.92. The first-order valence-corrected chi connectivity index (χ1v) is 7.26. The lowest BCUT2D eigenvalue weighted by molar-refractivity contribution is 0.0932. The molecule has 0 saturated carbocycles. The molecule has 0 bridgehead atoms. The second-order valence-corrected chi connectivity index (χ2v) is 4.73. The van der Waals surface area contributed by atoms with Crippen molar-refractivity contribution in [2.75, 3.05) is 39.8 Å². The van der Waals surface area contributed by atoms with Crippen LogP contribution in [0.4, 0.5) is 11.5 Å². The van der Waals surface area contributed by atoms with Crippen molar-refractivity contribution in [1.82, 2.24) is 15.3 Å². The third-order valence-corrected chi connectivity index (χ3v) is 3.15. The Morgan fingerprint density at radius 3 is 2.58 bits per heavy atom. The molecular formula is C16H20N4O4. The number of nitrogens with zero attached hydrogens (tertiary/aromatic N) is 2. The summed E-state index contributed by atoms with van der Waals surface area (Å²) in [5, 5.41) is 5.77. The van der Waals surface area contributed by atoms with E-state index in [9.17, 15) is 4.79 Å². The van der Waals surface area contributed by atoms with E-state index in [0.717, 1.165) is 0 Å². The number of aromatic nitrogens is 2. The summed E-state index contributed by atoms with van der Waals surface area (Å²) in [6, 6.07) is 5.36. The van der Waals surface area contributed by atoms with Gasteiger partial charge in [-0.05, 0) is 12.1 Å². The third-order valence-electron chi connectivity index (χ3n) is 3.15. The van der Waals surface area contributed by atoms with Gasteiger partial charge in [0.25, 0.3) is 5.91 Å². The minimum Gasteiger partial charge on any atom is -0.497 e. The van der Waals surface area contributed by atoms with Gasteiger partial charge in [0.1, 0.15) is 23.0 Å². The number of amides is 1. The van der Waals surface area contributed by atoms with E-state index in [0.29, 0.717) is 36.2 Å². The molecule has 0 saturated heterocycles. The molecule has 128 valence electrons. The minimum atomic E-state index is -0.301. The molecule has 24 heavy (non-hydrogen) atoms. The van der Waals surface area contributed by atoms with Gasteiger partial charge in [0.15, 0.2) is 0 Å². The maximum atomic E-state index is 11.8. The fourth-order valence-electron chi connectivity index (χ4n) is 1.92. The third kappa shape index (κ3) is 4.56. The van der Waals surface area contributed by atoms with E-state index in [4.69, 9.17) is 14.2 Å². The molecule has 0 aliphatic rings. The number of hydrogen-bond acceptors (Lipinski definition) is 7. The van der Waals surface area contributed by atoms with Crippen LogP contribution in [0.5, 0.6) is 11.5 Å². The lowest BCUT2D eigenvalue weighted by Crippen LogP contribution is -2.27. The van der Waals surface area contributed by atoms with Gasteiger partial charge in [-0.15, -0.1) is 0 Å². The molecule has 0 atom stereocenters. The van der Waals surface area contributed by atoms with Crippen molar-refractivity contribution in [3.05, 3.63) is 36.3 Å². The first-order chi connectivity index (χ1) is 11.7. The molecular weight excluding hydrogens is 312 g/mol. The molecule has 1 aromatic carbocycles. The van der Waals surface area contributed by atoms with Gasteiger partial charge in [0.05, 0.1) is 38.9 Å². The van der Waals surface area contributed by atoms with Gasteiger partial charge in [-0.1, -0.05) is 0 Å². The van der Waals surface area contributed by atoms with E-state index >= 15 is 0 Å². The van der Waals surface area contributed by atoms with Crippen molar-refractivity contribution in [2.24, 2.45) is 0 Å². The van der Waals surface area contributed by atoms with Gasteiger partial charge in [-0.3, -0.25) is 4.79 Å². The number of nitrogens with one attached hydrogen (secondary N) is 2. The van der Waals surface area contributed by atoms with Crippen LogP contribution in [0.25, 0.3) is 0 Å². The lowest BCUT2D eigenvalue weighted by atomic mass is 10.2. The molecule has 1 aromatic heterocycles. The molecule has 0 aliphatic carbocycles. The maximum absolute atomic E-state index is 11.8. The predicted molar refractivity (Wildman–Crippen MR) is 89.1 cm³/mol. The van der Waals surface area contributed by atoms with Crippen LogP contribution in [0.3, 0.4) is 0 Å². The number of carbonyl (C=O) groups is 1. The Morgan fingerprint density at radius 2 is 1.96 bits per heavy atom. The van der Waals surface area contributed by atoms with Crippen LogP contribution in [0, 0.1) is 0 Å². The first kappa shape index (κ1) is 17.5. The highest BCUT2D eigenvalue weighted by Gasteiger charge is 2.09. The van der Waals surface area contributed by atoms with Crippen LogP contribution in [-0.4, -0.2) is 50.4 Å². The summed E-state index contributed by atoms with van der Waals surface area (Å²) in [5.41, 5.74) is 0.915. The summed E-state index contributed by atoms with van der Waals surface area (Å²) in [6.07, 6.45) is 2.88. The van der Waals surface area contributed by atoms with E-state index in [1.165, 1.54) is 12.4 Å². The monoisotopic (exact) mass is 332 g/mol. The van der Waals surface area contributed by atoms with Gasteiger partial charge in [-0.25, -0.2) is 9.97 Å². The zero-order valence-corrected chi connectivity index (χ0v) is 13.8. The molecule has 0 unspecified atom stereocenters. The number of hydrogen-bond donors (Lipinski definition) is 2. The molecule has 2 rings (SSSR count). The summed E-state index contributed by atoms with van der Waals surface area (Å²) in [6.45, 7) is 0.854. The smallest absolute Gasteiger partial charge is 0.271 e. The van der Waals surface area contributed by atoms with Crippen molar-refractivity contribution < 1.29 is 19.0 Å². The normalized spacial score (nSPS) is 10.1. The summed E-state index contributed by atoms with van der Waals surface area (Å²) in [4.78, 5) is 20.1. The number of methoxy groups -OCH3 is 3. The van der Waals surface area contributed by atoms with E-state index < -0.39 is 0 Å². The van der Waals surface area contributed by atoms with E-state index in [1.54, 1.807) is 39.5 Å². The van der Waals surface area contributed by atoms with Crippen LogP contribution in [0.2, 0.25) is 0 Å².